The van der Waals surface area contributed by atoms with Crippen molar-refractivity contribution >= 4 is 55.0 Å². The number of ether oxygens (including phenoxy) is 1. The maximum absolute atomic E-state index is 12.5. The number of thiazole rings is 1. The van der Waals surface area contributed by atoms with Gasteiger partial charge in [-0.25, -0.2) is 9.78 Å². The number of benzene rings is 1. The van der Waals surface area contributed by atoms with Gasteiger partial charge in [-0.3, -0.25) is 4.79 Å². The van der Waals surface area contributed by atoms with Crippen LogP contribution in [0, 0.1) is 0 Å². The van der Waals surface area contributed by atoms with Crippen LogP contribution >= 0.6 is 32.9 Å². The number of aromatic nitrogens is 1. The number of aliphatic hydroxyl groups is 1. The van der Waals surface area contributed by atoms with E-state index in [4.69, 9.17) is 4.74 Å². The van der Waals surface area contributed by atoms with E-state index in [-0.39, 0.29) is 11.2 Å². The number of rotatable bonds is 7. The Hall–Kier alpha value is -1.55. The van der Waals surface area contributed by atoms with Gasteiger partial charge in [0.25, 0.3) is 0 Å². The fraction of sp³-hybridized carbons (Fsp3) is 0.389. The normalized spacial score (nSPS) is 18.9. The molecule has 6 nitrogen and oxygen atoms in total. The quantitative estimate of drug-likeness (QED) is 0.316. The lowest BCUT2D eigenvalue weighted by atomic mass is 10.0. The van der Waals surface area contributed by atoms with Crippen molar-refractivity contribution in [3.8, 4) is 0 Å². The van der Waals surface area contributed by atoms with Gasteiger partial charge in [-0.2, -0.15) is 0 Å². The molecule has 144 valence electrons. The van der Waals surface area contributed by atoms with Crippen LogP contribution in [0.3, 0.4) is 0 Å². The Morgan fingerprint density at radius 2 is 2.26 bits per heavy atom. The van der Waals surface area contributed by atoms with E-state index in [9.17, 15) is 14.7 Å². The van der Waals surface area contributed by atoms with Gasteiger partial charge in [-0.15, -0.1) is 11.3 Å². The number of para-hydroxylation sites is 1. The van der Waals surface area contributed by atoms with Crippen LogP contribution in [0.15, 0.2) is 35.2 Å². The molecule has 1 unspecified atom stereocenters. The minimum atomic E-state index is -0.722. The van der Waals surface area contributed by atoms with E-state index < -0.39 is 18.1 Å². The van der Waals surface area contributed by atoms with Gasteiger partial charge in [0, 0.05) is 11.4 Å². The second-order valence-corrected chi connectivity index (χ2v) is 9.77. The number of β-lactam (4-membered cyclic amide) rings is 1. The zero-order valence-corrected chi connectivity index (χ0v) is 17.6. The predicted octanol–water partition coefficient (Wildman–Crippen LogP) is 3.42. The Morgan fingerprint density at radius 3 is 2.85 bits per heavy atom. The average molecular weight is 425 g/mol. The topological polar surface area (TPSA) is 79.7 Å². The second-order valence-electron chi connectivity index (χ2n) is 6.26. The van der Waals surface area contributed by atoms with Crippen molar-refractivity contribution in [2.75, 3.05) is 13.7 Å². The molecule has 1 fully saturated rings. The lowest BCUT2D eigenvalue weighted by Gasteiger charge is -2.41. The van der Waals surface area contributed by atoms with Crippen LogP contribution in [0.4, 0.5) is 0 Å². The third kappa shape index (κ3) is 4.01. The van der Waals surface area contributed by atoms with Crippen LogP contribution in [0.25, 0.3) is 10.2 Å². The number of nitrogens with zero attached hydrogens (tertiary/aromatic N) is 2. The molecule has 1 aliphatic rings. The lowest BCUT2D eigenvalue weighted by molar-refractivity contribution is -0.155. The molecular formula is C18H20N2O4S3. The number of hydrogen-bond donors (Lipinski definition) is 1. The molecule has 2 aromatic rings. The van der Waals surface area contributed by atoms with E-state index in [2.05, 4.69) is 11.6 Å². The van der Waals surface area contributed by atoms with E-state index in [1.165, 1.54) is 44.9 Å². The number of methoxy groups -OCH3 is 1. The van der Waals surface area contributed by atoms with Gasteiger partial charge in [-0.1, -0.05) is 34.2 Å². The van der Waals surface area contributed by atoms with Crippen LogP contribution < -0.4 is 0 Å². The monoisotopic (exact) mass is 424 g/mol. The summed E-state index contributed by atoms with van der Waals surface area (Å²) in [6.07, 6.45) is -0.605. The summed E-state index contributed by atoms with van der Waals surface area (Å²) < 4.78 is 5.79. The molecular weight excluding hydrogens is 404 g/mol. The maximum Gasteiger partial charge on any atom is 0.332 e. The van der Waals surface area contributed by atoms with Crippen molar-refractivity contribution in [1.29, 1.82) is 0 Å². The van der Waals surface area contributed by atoms with Crippen molar-refractivity contribution in [2.45, 2.75) is 36.1 Å². The highest BCUT2D eigenvalue weighted by atomic mass is 33.1. The summed E-state index contributed by atoms with van der Waals surface area (Å²) >= 11 is 1.47. The molecule has 0 spiro atoms. The number of fused-ring (bicyclic) bond motifs is 1. The molecule has 9 heteroatoms. The Morgan fingerprint density at radius 1 is 1.52 bits per heavy atom. The number of carbonyl (C=O) groups excluding carboxylic acids is 2. The van der Waals surface area contributed by atoms with E-state index in [1.807, 2.05) is 18.2 Å². The molecule has 0 bridgehead atoms. The highest BCUT2D eigenvalue weighted by Crippen LogP contribution is 2.43. The molecule has 0 saturated carbocycles. The smallest absolute Gasteiger partial charge is 0.332 e. The highest BCUT2D eigenvalue weighted by Gasteiger charge is 2.44. The zero-order chi connectivity index (χ0) is 19.7. The number of carbonyl (C=O) groups is 2. The van der Waals surface area contributed by atoms with Crippen LogP contribution in [0.2, 0.25) is 0 Å². The predicted molar refractivity (Wildman–Crippen MR) is 110 cm³/mol. The summed E-state index contributed by atoms with van der Waals surface area (Å²) in [5.74, 6) is -0.564. The number of amides is 1. The van der Waals surface area contributed by atoms with Crippen molar-refractivity contribution in [1.82, 2.24) is 9.88 Å². The van der Waals surface area contributed by atoms with Gasteiger partial charge < -0.3 is 14.7 Å². The lowest BCUT2D eigenvalue weighted by Crippen LogP contribution is -2.61. The number of likely N-dealkylation sites (tertiary alicyclic amines) is 1. The van der Waals surface area contributed by atoms with Gasteiger partial charge in [0.1, 0.15) is 16.4 Å². The van der Waals surface area contributed by atoms with Gasteiger partial charge >= 0.3 is 5.97 Å². The molecule has 3 rings (SSSR count). The van der Waals surface area contributed by atoms with E-state index in [0.717, 1.165) is 15.1 Å². The molecule has 1 aliphatic heterocycles. The van der Waals surface area contributed by atoms with Gasteiger partial charge in [0.15, 0.2) is 6.04 Å². The van der Waals surface area contributed by atoms with Gasteiger partial charge in [0.2, 0.25) is 5.91 Å². The average Bonchev–Trinajstić information content (AvgIpc) is 3.08. The first kappa shape index (κ1) is 20.2. The highest BCUT2D eigenvalue weighted by molar-refractivity contribution is 8.77. The fourth-order valence-corrected chi connectivity index (χ4v) is 6.24. The summed E-state index contributed by atoms with van der Waals surface area (Å²) in [7, 11) is 4.25. The Kier molecular flexibility index (Phi) is 6.15. The summed E-state index contributed by atoms with van der Waals surface area (Å²) in [4.78, 5) is 31.4. The molecule has 1 aromatic carbocycles. The minimum Gasteiger partial charge on any atom is -0.467 e. The van der Waals surface area contributed by atoms with Crippen molar-refractivity contribution in [3.05, 3.63) is 35.4 Å². The molecule has 1 saturated heterocycles. The first-order valence-electron chi connectivity index (χ1n) is 8.28. The fourth-order valence-electron chi connectivity index (χ4n) is 2.73. The van der Waals surface area contributed by atoms with Gasteiger partial charge in [0.05, 0.1) is 17.3 Å². The molecule has 2 heterocycles. The Balaban J connectivity index is 1.67. The van der Waals surface area contributed by atoms with Crippen LogP contribution in [-0.2, 0) is 14.3 Å². The molecule has 1 N–H and O–H groups in total. The molecule has 27 heavy (non-hydrogen) atoms. The van der Waals surface area contributed by atoms with Crippen LogP contribution in [-0.4, -0.2) is 51.8 Å². The summed E-state index contributed by atoms with van der Waals surface area (Å²) in [6.45, 7) is 7.67. The van der Waals surface area contributed by atoms with E-state index >= 15 is 0 Å². The molecule has 0 aliphatic carbocycles. The number of aliphatic hydroxyl groups excluding tert-OH is 1. The van der Waals surface area contributed by atoms with Crippen molar-refractivity contribution in [3.63, 3.8) is 0 Å². The SMILES string of the molecule is C=C(C)[C@H](C(=O)OC)N1C[C@H](SSc2cccc3sc(C(C)O)nc23)C1=O. The molecule has 1 amide bonds. The van der Waals surface area contributed by atoms with Crippen LogP contribution in [0.1, 0.15) is 25.0 Å². The number of hydrogen-bond acceptors (Lipinski definition) is 8. The van der Waals surface area contributed by atoms with Gasteiger partial charge in [-0.05, 0) is 31.6 Å². The summed E-state index contributed by atoms with van der Waals surface area (Å²) in [6, 6.07) is 5.15. The Labute approximate surface area is 169 Å². The third-order valence-electron chi connectivity index (χ3n) is 4.13. The second kappa shape index (κ2) is 8.22. The maximum atomic E-state index is 12.5. The number of esters is 1. The summed E-state index contributed by atoms with van der Waals surface area (Å²) in [5.41, 5.74) is 1.43. The minimum absolute atomic E-state index is 0.0963. The standard InChI is InChI=1S/C18H20N2O4S3/c1-9(2)15(18(23)24-4)20-8-13(17(20)22)27-26-12-7-5-6-11-14(12)19-16(25-11)10(3)21/h5-7,10,13,15,21H,1,8H2,2-4H3/t10?,13-,15+/m0/s1. The Bertz CT molecular complexity index is 896. The molecule has 3 atom stereocenters. The van der Waals surface area contributed by atoms with Crippen molar-refractivity contribution in [2.24, 2.45) is 0 Å². The van der Waals surface area contributed by atoms with Crippen LogP contribution in [0.5, 0.6) is 0 Å². The molecule has 0 radical (unpaired) electrons. The van der Waals surface area contributed by atoms with Crippen molar-refractivity contribution < 1.29 is 19.4 Å². The first-order valence-corrected chi connectivity index (χ1v) is 11.3. The summed E-state index contributed by atoms with van der Waals surface area (Å²) in [5, 5.41) is 10.2. The molecule has 1 aromatic heterocycles. The largest absolute Gasteiger partial charge is 0.467 e. The zero-order valence-electron chi connectivity index (χ0n) is 15.2. The van der Waals surface area contributed by atoms with E-state index in [1.54, 1.807) is 13.8 Å². The first-order chi connectivity index (χ1) is 12.8. The van der Waals surface area contributed by atoms with E-state index in [0.29, 0.717) is 17.1 Å². The third-order valence-corrected chi connectivity index (χ3v) is 8.04.